The summed E-state index contributed by atoms with van der Waals surface area (Å²) < 4.78 is 1.27. The first-order chi connectivity index (χ1) is 9.34. The van der Waals surface area contributed by atoms with Gasteiger partial charge in [0.05, 0.1) is 16.6 Å². The summed E-state index contributed by atoms with van der Waals surface area (Å²) in [6.45, 7) is 1.60. The standard InChI is InChI=1S/C13H15N3O4/c1-7(11(17)15(2)3)16-9-6-4-5-8(12(18)19)10(9)14-13(16)20/h4-7H,1-3H3,(H,14,20)(H,18,19). The Morgan fingerprint density at radius 2 is 2.00 bits per heavy atom. The fraction of sp³-hybridized carbons (Fsp3) is 0.308. The maximum absolute atomic E-state index is 12.0. The number of carbonyl (C=O) groups excluding carboxylic acids is 1. The number of hydrogen-bond donors (Lipinski definition) is 2. The molecule has 2 aromatic rings. The van der Waals surface area contributed by atoms with E-state index in [-0.39, 0.29) is 17.0 Å². The summed E-state index contributed by atoms with van der Waals surface area (Å²) in [6.07, 6.45) is 0. The molecule has 1 aromatic heterocycles. The molecule has 1 atom stereocenters. The lowest BCUT2D eigenvalue weighted by Gasteiger charge is -2.17. The van der Waals surface area contributed by atoms with Crippen LogP contribution >= 0.6 is 0 Å². The Balaban J connectivity index is 2.70. The number of carbonyl (C=O) groups is 2. The molecule has 0 aliphatic heterocycles. The molecule has 1 unspecified atom stereocenters. The number of nitrogens with zero attached hydrogens (tertiary/aromatic N) is 2. The van der Waals surface area contributed by atoms with Gasteiger partial charge < -0.3 is 15.0 Å². The van der Waals surface area contributed by atoms with Crippen LogP contribution in [0.4, 0.5) is 0 Å². The van der Waals surface area contributed by atoms with E-state index >= 15 is 0 Å². The molecular formula is C13H15N3O4. The number of benzene rings is 1. The maximum atomic E-state index is 12.0. The minimum atomic E-state index is -1.13. The Morgan fingerprint density at radius 3 is 2.55 bits per heavy atom. The lowest BCUT2D eigenvalue weighted by Crippen LogP contribution is -2.34. The van der Waals surface area contributed by atoms with Crippen LogP contribution in [-0.2, 0) is 4.79 Å². The predicted octanol–water partition coefficient (Wildman–Crippen LogP) is 0.677. The van der Waals surface area contributed by atoms with Crippen molar-refractivity contribution in [2.45, 2.75) is 13.0 Å². The molecule has 106 valence electrons. The van der Waals surface area contributed by atoms with Crippen LogP contribution in [0, 0.1) is 0 Å². The quantitative estimate of drug-likeness (QED) is 0.862. The number of fused-ring (bicyclic) bond motifs is 1. The minimum absolute atomic E-state index is 0.00264. The van der Waals surface area contributed by atoms with Crippen molar-refractivity contribution in [2.24, 2.45) is 0 Å². The molecule has 1 amide bonds. The van der Waals surface area contributed by atoms with Gasteiger partial charge in [0.15, 0.2) is 0 Å². The van der Waals surface area contributed by atoms with Crippen molar-refractivity contribution in [3.63, 3.8) is 0 Å². The van der Waals surface area contributed by atoms with Crippen LogP contribution in [-0.4, -0.2) is 45.5 Å². The summed E-state index contributed by atoms with van der Waals surface area (Å²) in [5.74, 6) is -1.37. The molecule has 0 saturated carbocycles. The average Bonchev–Trinajstić information content (AvgIpc) is 2.72. The molecule has 0 radical (unpaired) electrons. The van der Waals surface area contributed by atoms with Gasteiger partial charge in [-0.3, -0.25) is 9.36 Å². The van der Waals surface area contributed by atoms with Crippen molar-refractivity contribution < 1.29 is 14.7 Å². The molecule has 7 heteroatoms. The first-order valence-corrected chi connectivity index (χ1v) is 6.02. The van der Waals surface area contributed by atoms with Crippen molar-refractivity contribution in [2.75, 3.05) is 14.1 Å². The lowest BCUT2D eigenvalue weighted by molar-refractivity contribution is -0.131. The zero-order valence-electron chi connectivity index (χ0n) is 11.4. The molecule has 0 aliphatic rings. The summed E-state index contributed by atoms with van der Waals surface area (Å²) in [6, 6.07) is 3.85. The van der Waals surface area contributed by atoms with Gasteiger partial charge in [-0.1, -0.05) is 6.07 Å². The van der Waals surface area contributed by atoms with Gasteiger partial charge in [-0.2, -0.15) is 0 Å². The SMILES string of the molecule is CC(C(=O)N(C)C)n1c(=O)[nH]c2c(C(=O)O)cccc21. The van der Waals surface area contributed by atoms with E-state index in [1.54, 1.807) is 33.2 Å². The van der Waals surface area contributed by atoms with Gasteiger partial charge in [-0.05, 0) is 19.1 Å². The third-order valence-corrected chi connectivity index (χ3v) is 3.17. The largest absolute Gasteiger partial charge is 0.478 e. The molecule has 0 spiro atoms. The molecule has 0 bridgehead atoms. The topological polar surface area (TPSA) is 95.4 Å². The summed E-state index contributed by atoms with van der Waals surface area (Å²) in [4.78, 5) is 39.1. The van der Waals surface area contributed by atoms with E-state index in [9.17, 15) is 14.4 Å². The molecule has 2 N–H and O–H groups in total. The Bertz CT molecular complexity index is 742. The number of carboxylic acids is 1. The first-order valence-electron chi connectivity index (χ1n) is 6.02. The molecule has 1 heterocycles. The summed E-state index contributed by atoms with van der Waals surface area (Å²) >= 11 is 0. The number of H-pyrrole nitrogens is 1. The van der Waals surface area contributed by atoms with Crippen LogP contribution in [0.15, 0.2) is 23.0 Å². The summed E-state index contributed by atoms with van der Waals surface area (Å²) in [7, 11) is 3.20. The predicted molar refractivity (Wildman–Crippen MR) is 72.9 cm³/mol. The number of carboxylic acid groups (broad SMARTS) is 1. The number of aromatic nitrogens is 2. The number of aromatic amines is 1. The van der Waals surface area contributed by atoms with Gasteiger partial charge in [0, 0.05) is 14.1 Å². The van der Waals surface area contributed by atoms with E-state index in [2.05, 4.69) is 4.98 Å². The van der Waals surface area contributed by atoms with E-state index < -0.39 is 17.7 Å². The van der Waals surface area contributed by atoms with Crippen LogP contribution in [0.5, 0.6) is 0 Å². The molecule has 0 aliphatic carbocycles. The van der Waals surface area contributed by atoms with Gasteiger partial charge >= 0.3 is 11.7 Å². The highest BCUT2D eigenvalue weighted by Crippen LogP contribution is 2.19. The highest BCUT2D eigenvalue weighted by molar-refractivity contribution is 6.01. The van der Waals surface area contributed by atoms with Crippen LogP contribution in [0.25, 0.3) is 11.0 Å². The second-order valence-corrected chi connectivity index (χ2v) is 4.71. The normalized spacial score (nSPS) is 12.3. The number of para-hydroxylation sites is 1. The van der Waals surface area contributed by atoms with E-state index in [1.165, 1.54) is 15.5 Å². The van der Waals surface area contributed by atoms with Crippen LogP contribution < -0.4 is 5.69 Å². The third kappa shape index (κ3) is 2.07. The monoisotopic (exact) mass is 277 g/mol. The molecule has 2 rings (SSSR count). The van der Waals surface area contributed by atoms with E-state index in [4.69, 9.17) is 5.11 Å². The molecule has 7 nitrogen and oxygen atoms in total. The van der Waals surface area contributed by atoms with Crippen molar-refractivity contribution in [1.82, 2.24) is 14.5 Å². The Morgan fingerprint density at radius 1 is 1.35 bits per heavy atom. The number of hydrogen-bond acceptors (Lipinski definition) is 3. The smallest absolute Gasteiger partial charge is 0.337 e. The minimum Gasteiger partial charge on any atom is -0.478 e. The number of aromatic carboxylic acids is 1. The molecule has 0 fully saturated rings. The van der Waals surface area contributed by atoms with Crippen LogP contribution in [0.3, 0.4) is 0 Å². The molecule has 1 aromatic carbocycles. The lowest BCUT2D eigenvalue weighted by atomic mass is 10.2. The fourth-order valence-electron chi connectivity index (χ4n) is 2.20. The average molecular weight is 277 g/mol. The van der Waals surface area contributed by atoms with Gasteiger partial charge in [0.2, 0.25) is 5.91 Å². The number of rotatable bonds is 3. The highest BCUT2D eigenvalue weighted by atomic mass is 16.4. The highest BCUT2D eigenvalue weighted by Gasteiger charge is 2.23. The van der Waals surface area contributed by atoms with Gasteiger partial charge in [0.25, 0.3) is 0 Å². The van der Waals surface area contributed by atoms with Gasteiger partial charge in [-0.15, -0.1) is 0 Å². The first kappa shape index (κ1) is 13.9. The third-order valence-electron chi connectivity index (χ3n) is 3.17. The molecule has 0 saturated heterocycles. The number of amides is 1. The number of imidazole rings is 1. The van der Waals surface area contributed by atoms with E-state index in [0.717, 1.165) is 0 Å². The Labute approximate surface area is 114 Å². The zero-order chi connectivity index (χ0) is 15.0. The Hall–Kier alpha value is -2.57. The summed E-state index contributed by atoms with van der Waals surface area (Å²) in [5, 5.41) is 9.11. The molecular weight excluding hydrogens is 262 g/mol. The van der Waals surface area contributed by atoms with Crippen molar-refractivity contribution in [3.05, 3.63) is 34.2 Å². The van der Waals surface area contributed by atoms with Gasteiger partial charge in [0.1, 0.15) is 6.04 Å². The van der Waals surface area contributed by atoms with Crippen molar-refractivity contribution in [1.29, 1.82) is 0 Å². The maximum Gasteiger partial charge on any atom is 0.337 e. The second kappa shape index (κ2) is 4.84. The number of likely N-dealkylation sites (N-methyl/N-ethyl adjacent to an activating group) is 1. The van der Waals surface area contributed by atoms with E-state index in [1.807, 2.05) is 0 Å². The Kier molecular flexibility index (Phi) is 3.35. The number of nitrogens with one attached hydrogen (secondary N) is 1. The summed E-state index contributed by atoms with van der Waals surface area (Å²) in [5.41, 5.74) is 0.125. The van der Waals surface area contributed by atoms with E-state index in [0.29, 0.717) is 5.52 Å². The van der Waals surface area contributed by atoms with Crippen LogP contribution in [0.2, 0.25) is 0 Å². The van der Waals surface area contributed by atoms with Crippen molar-refractivity contribution >= 4 is 22.9 Å². The fourth-order valence-corrected chi connectivity index (χ4v) is 2.20. The van der Waals surface area contributed by atoms with Crippen molar-refractivity contribution in [3.8, 4) is 0 Å². The van der Waals surface area contributed by atoms with Gasteiger partial charge in [-0.25, -0.2) is 9.59 Å². The second-order valence-electron chi connectivity index (χ2n) is 4.71. The zero-order valence-corrected chi connectivity index (χ0v) is 11.4. The van der Waals surface area contributed by atoms with Crippen LogP contribution in [0.1, 0.15) is 23.3 Å². The molecule has 20 heavy (non-hydrogen) atoms.